The number of hydrogen-bond acceptors (Lipinski definition) is 2. The molecular weight excluding hydrogens is 150 g/mol. The van der Waals surface area contributed by atoms with E-state index in [0.717, 1.165) is 0 Å². The van der Waals surface area contributed by atoms with Crippen LogP contribution in [0.2, 0.25) is 0 Å². The summed E-state index contributed by atoms with van der Waals surface area (Å²) in [6, 6.07) is 10.1. The summed E-state index contributed by atoms with van der Waals surface area (Å²) >= 11 is 0. The third-order valence-corrected chi connectivity index (χ3v) is 1.71. The van der Waals surface area contributed by atoms with Crippen molar-refractivity contribution in [3.05, 3.63) is 35.9 Å². The zero-order chi connectivity index (χ0) is 8.81. The second-order valence-corrected chi connectivity index (χ2v) is 2.84. The lowest BCUT2D eigenvalue weighted by Gasteiger charge is -2.09. The molecule has 1 rings (SSSR count). The summed E-state index contributed by atoms with van der Waals surface area (Å²) in [5.74, 6) is 0. The standard InChI is InChI=1S/C10H15NO/c1-9(7-11)12-8-10-5-3-2-4-6-10/h2-6,9H,7-8,11H2,1H3/t9-/m0/s1. The van der Waals surface area contributed by atoms with Crippen molar-refractivity contribution >= 4 is 0 Å². The van der Waals surface area contributed by atoms with Crippen LogP contribution in [0.5, 0.6) is 0 Å². The molecule has 0 spiro atoms. The Bertz CT molecular complexity index is 210. The first-order valence-corrected chi connectivity index (χ1v) is 4.18. The maximum Gasteiger partial charge on any atom is 0.0721 e. The van der Waals surface area contributed by atoms with Crippen molar-refractivity contribution in [2.24, 2.45) is 5.73 Å². The lowest BCUT2D eigenvalue weighted by molar-refractivity contribution is 0.0590. The van der Waals surface area contributed by atoms with E-state index < -0.39 is 0 Å². The highest BCUT2D eigenvalue weighted by atomic mass is 16.5. The van der Waals surface area contributed by atoms with Crippen molar-refractivity contribution in [2.75, 3.05) is 6.54 Å². The maximum atomic E-state index is 5.45. The van der Waals surface area contributed by atoms with Gasteiger partial charge in [-0.2, -0.15) is 0 Å². The summed E-state index contributed by atoms with van der Waals surface area (Å²) in [5.41, 5.74) is 6.60. The molecular formula is C10H15NO. The predicted molar refractivity (Wildman–Crippen MR) is 49.7 cm³/mol. The van der Waals surface area contributed by atoms with E-state index in [2.05, 4.69) is 0 Å². The second-order valence-electron chi connectivity index (χ2n) is 2.84. The van der Waals surface area contributed by atoms with Crippen LogP contribution in [0.15, 0.2) is 30.3 Å². The minimum absolute atomic E-state index is 0.144. The summed E-state index contributed by atoms with van der Waals surface area (Å²) in [7, 11) is 0. The van der Waals surface area contributed by atoms with E-state index in [1.54, 1.807) is 0 Å². The molecule has 0 radical (unpaired) electrons. The Kier molecular flexibility index (Phi) is 3.77. The first-order chi connectivity index (χ1) is 5.83. The summed E-state index contributed by atoms with van der Waals surface area (Å²) in [5, 5.41) is 0. The van der Waals surface area contributed by atoms with Crippen LogP contribution in [-0.2, 0) is 11.3 Å². The lowest BCUT2D eigenvalue weighted by Crippen LogP contribution is -2.19. The highest BCUT2D eigenvalue weighted by Crippen LogP contribution is 2.02. The highest BCUT2D eigenvalue weighted by molar-refractivity contribution is 5.13. The number of nitrogens with two attached hydrogens (primary N) is 1. The third-order valence-electron chi connectivity index (χ3n) is 1.71. The van der Waals surface area contributed by atoms with Crippen LogP contribution in [0.4, 0.5) is 0 Å². The Hall–Kier alpha value is -0.860. The molecule has 1 aromatic rings. The molecule has 0 heterocycles. The smallest absolute Gasteiger partial charge is 0.0721 e. The van der Waals surface area contributed by atoms with Gasteiger partial charge in [-0.1, -0.05) is 30.3 Å². The van der Waals surface area contributed by atoms with Gasteiger partial charge in [0.25, 0.3) is 0 Å². The second kappa shape index (κ2) is 4.91. The number of rotatable bonds is 4. The molecule has 1 atom stereocenters. The van der Waals surface area contributed by atoms with E-state index in [1.165, 1.54) is 5.56 Å². The van der Waals surface area contributed by atoms with Crippen LogP contribution in [0.1, 0.15) is 12.5 Å². The maximum absolute atomic E-state index is 5.45. The molecule has 0 amide bonds. The molecule has 0 fully saturated rings. The fourth-order valence-electron chi connectivity index (χ4n) is 0.881. The molecule has 0 aliphatic rings. The minimum Gasteiger partial charge on any atom is -0.373 e. The summed E-state index contributed by atoms with van der Waals surface area (Å²) in [6.07, 6.45) is 0.144. The largest absolute Gasteiger partial charge is 0.373 e. The Morgan fingerprint density at radius 1 is 1.33 bits per heavy atom. The van der Waals surface area contributed by atoms with Crippen molar-refractivity contribution in [2.45, 2.75) is 19.6 Å². The van der Waals surface area contributed by atoms with E-state index in [1.807, 2.05) is 37.3 Å². The summed E-state index contributed by atoms with van der Waals surface area (Å²) < 4.78 is 5.45. The van der Waals surface area contributed by atoms with Crippen LogP contribution in [0, 0.1) is 0 Å². The Morgan fingerprint density at radius 3 is 2.58 bits per heavy atom. The van der Waals surface area contributed by atoms with Crippen molar-refractivity contribution in [3.8, 4) is 0 Å². The molecule has 2 N–H and O–H groups in total. The molecule has 1 aromatic carbocycles. The minimum atomic E-state index is 0.144. The molecule has 0 unspecified atom stereocenters. The van der Waals surface area contributed by atoms with Crippen molar-refractivity contribution < 1.29 is 4.74 Å². The van der Waals surface area contributed by atoms with Gasteiger partial charge in [-0.05, 0) is 12.5 Å². The van der Waals surface area contributed by atoms with Crippen molar-refractivity contribution in [3.63, 3.8) is 0 Å². The van der Waals surface area contributed by atoms with E-state index in [9.17, 15) is 0 Å². The molecule has 0 aliphatic heterocycles. The van der Waals surface area contributed by atoms with E-state index in [0.29, 0.717) is 13.2 Å². The van der Waals surface area contributed by atoms with Crippen molar-refractivity contribution in [1.82, 2.24) is 0 Å². The molecule has 2 nitrogen and oxygen atoms in total. The Balaban J connectivity index is 2.33. The Labute approximate surface area is 73.3 Å². The summed E-state index contributed by atoms with van der Waals surface area (Å²) in [6.45, 7) is 3.20. The predicted octanol–water partition coefficient (Wildman–Crippen LogP) is 1.55. The van der Waals surface area contributed by atoms with Gasteiger partial charge in [-0.3, -0.25) is 0 Å². The van der Waals surface area contributed by atoms with Gasteiger partial charge < -0.3 is 10.5 Å². The molecule has 12 heavy (non-hydrogen) atoms. The number of benzene rings is 1. The molecule has 0 bridgehead atoms. The van der Waals surface area contributed by atoms with Crippen LogP contribution in [0.25, 0.3) is 0 Å². The average Bonchev–Trinajstić information content (AvgIpc) is 2.16. The SMILES string of the molecule is C[C@@H](CN)OCc1ccccc1. The molecule has 66 valence electrons. The molecule has 2 heteroatoms. The van der Waals surface area contributed by atoms with Crippen LogP contribution < -0.4 is 5.73 Å². The van der Waals surface area contributed by atoms with Gasteiger partial charge in [0.15, 0.2) is 0 Å². The van der Waals surface area contributed by atoms with Gasteiger partial charge in [0, 0.05) is 6.54 Å². The number of hydrogen-bond donors (Lipinski definition) is 1. The van der Waals surface area contributed by atoms with Gasteiger partial charge in [0.05, 0.1) is 12.7 Å². The van der Waals surface area contributed by atoms with Gasteiger partial charge in [0.2, 0.25) is 0 Å². The van der Waals surface area contributed by atoms with Gasteiger partial charge in [-0.15, -0.1) is 0 Å². The number of ether oxygens (including phenoxy) is 1. The first-order valence-electron chi connectivity index (χ1n) is 4.18. The van der Waals surface area contributed by atoms with Crippen molar-refractivity contribution in [1.29, 1.82) is 0 Å². The lowest BCUT2D eigenvalue weighted by atomic mass is 10.2. The van der Waals surface area contributed by atoms with E-state index in [-0.39, 0.29) is 6.10 Å². The Morgan fingerprint density at radius 2 is 2.00 bits per heavy atom. The zero-order valence-corrected chi connectivity index (χ0v) is 7.36. The summed E-state index contributed by atoms with van der Waals surface area (Å²) in [4.78, 5) is 0. The van der Waals surface area contributed by atoms with E-state index >= 15 is 0 Å². The first kappa shape index (κ1) is 9.23. The molecule has 0 aliphatic carbocycles. The highest BCUT2D eigenvalue weighted by Gasteiger charge is 1.97. The molecule has 0 aromatic heterocycles. The van der Waals surface area contributed by atoms with E-state index in [4.69, 9.17) is 10.5 Å². The topological polar surface area (TPSA) is 35.2 Å². The fraction of sp³-hybridized carbons (Fsp3) is 0.400. The average molecular weight is 165 g/mol. The van der Waals surface area contributed by atoms with Gasteiger partial charge in [-0.25, -0.2) is 0 Å². The fourth-order valence-corrected chi connectivity index (χ4v) is 0.881. The van der Waals surface area contributed by atoms with Gasteiger partial charge in [0.1, 0.15) is 0 Å². The quantitative estimate of drug-likeness (QED) is 0.734. The zero-order valence-electron chi connectivity index (χ0n) is 7.36. The van der Waals surface area contributed by atoms with Crippen LogP contribution >= 0.6 is 0 Å². The third kappa shape index (κ3) is 3.03. The monoisotopic (exact) mass is 165 g/mol. The molecule has 0 saturated carbocycles. The van der Waals surface area contributed by atoms with Crippen LogP contribution in [-0.4, -0.2) is 12.6 Å². The van der Waals surface area contributed by atoms with Gasteiger partial charge >= 0.3 is 0 Å². The molecule has 0 saturated heterocycles. The van der Waals surface area contributed by atoms with Crippen LogP contribution in [0.3, 0.4) is 0 Å². The normalized spacial score (nSPS) is 12.8.